The Labute approximate surface area is 200 Å². The van der Waals surface area contributed by atoms with Gasteiger partial charge in [-0.15, -0.1) is 0 Å². The first-order valence-electron chi connectivity index (χ1n) is 11.3. The Hall–Kier alpha value is -3.17. The van der Waals surface area contributed by atoms with Gasteiger partial charge in [0.05, 0.1) is 12.0 Å². The van der Waals surface area contributed by atoms with Crippen LogP contribution in [-0.2, 0) is 21.9 Å². The summed E-state index contributed by atoms with van der Waals surface area (Å²) in [6.45, 7) is 2.53. The number of rotatable bonds is 7. The van der Waals surface area contributed by atoms with E-state index in [0.717, 1.165) is 11.1 Å². The lowest BCUT2D eigenvalue weighted by Crippen LogP contribution is -2.44. The van der Waals surface area contributed by atoms with E-state index in [-0.39, 0.29) is 16.7 Å². The van der Waals surface area contributed by atoms with Gasteiger partial charge in [-0.2, -0.15) is 4.31 Å². The Bertz CT molecular complexity index is 1250. The Morgan fingerprint density at radius 3 is 2.47 bits per heavy atom. The summed E-state index contributed by atoms with van der Waals surface area (Å²) in [5, 5.41) is 3.14. The first-order chi connectivity index (χ1) is 16.3. The molecule has 8 nitrogen and oxygen atoms in total. The number of hydrogen-bond donors (Lipinski definition) is 1. The van der Waals surface area contributed by atoms with Crippen LogP contribution in [0.1, 0.15) is 35.8 Å². The zero-order valence-electron chi connectivity index (χ0n) is 19.6. The number of hydrogen-bond acceptors (Lipinski definition) is 5. The van der Waals surface area contributed by atoms with Crippen LogP contribution in [-0.4, -0.2) is 48.4 Å². The van der Waals surface area contributed by atoms with Gasteiger partial charge in [-0.3, -0.25) is 4.79 Å². The standard InChI is InChI=1S/C25H30N4O4S/c1-18-7-9-22(10-8-18)34(31,32)29-14-11-19(12-15-29)25(30)27-23(24-26-13-16-28(24)2)20-5-4-6-21(17-20)33-3/h4-10,13,16-17,19,23H,11-12,14-15H2,1-3H3,(H,27,30)/t23-/m0/s1. The summed E-state index contributed by atoms with van der Waals surface area (Å²) in [5.41, 5.74) is 1.87. The lowest BCUT2D eigenvalue weighted by Gasteiger charge is -2.31. The fourth-order valence-corrected chi connectivity index (χ4v) is 5.72. The Morgan fingerprint density at radius 1 is 1.15 bits per heavy atom. The van der Waals surface area contributed by atoms with Gasteiger partial charge in [0.2, 0.25) is 15.9 Å². The summed E-state index contributed by atoms with van der Waals surface area (Å²) < 4.78 is 34.7. The van der Waals surface area contributed by atoms with Crippen molar-refractivity contribution in [2.45, 2.75) is 30.7 Å². The molecule has 1 saturated heterocycles. The van der Waals surface area contributed by atoms with Gasteiger partial charge in [-0.25, -0.2) is 13.4 Å². The summed E-state index contributed by atoms with van der Waals surface area (Å²) in [5.74, 6) is 1.02. The highest BCUT2D eigenvalue weighted by atomic mass is 32.2. The predicted molar refractivity (Wildman–Crippen MR) is 129 cm³/mol. The van der Waals surface area contributed by atoms with Crippen molar-refractivity contribution in [1.82, 2.24) is 19.2 Å². The van der Waals surface area contributed by atoms with Crippen molar-refractivity contribution >= 4 is 15.9 Å². The van der Waals surface area contributed by atoms with E-state index in [1.165, 1.54) is 4.31 Å². The SMILES string of the molecule is COc1cccc([C@H](NC(=O)C2CCN(S(=O)(=O)c3ccc(C)cc3)CC2)c2nccn2C)c1. The van der Waals surface area contributed by atoms with Crippen LogP contribution < -0.4 is 10.1 Å². The van der Waals surface area contributed by atoms with Gasteiger partial charge in [0.25, 0.3) is 0 Å². The molecule has 0 bridgehead atoms. The number of nitrogens with one attached hydrogen (secondary N) is 1. The third-order valence-electron chi connectivity index (χ3n) is 6.31. The van der Waals surface area contributed by atoms with E-state index in [1.807, 2.05) is 49.0 Å². The number of amides is 1. The third kappa shape index (κ3) is 5.00. The number of aryl methyl sites for hydroxylation is 2. The number of piperidine rings is 1. The first-order valence-corrected chi connectivity index (χ1v) is 12.7. The van der Waals surface area contributed by atoms with Crippen LogP contribution in [0, 0.1) is 12.8 Å². The average molecular weight is 483 g/mol. The predicted octanol–water partition coefficient (Wildman–Crippen LogP) is 3.04. The van der Waals surface area contributed by atoms with Crippen LogP contribution >= 0.6 is 0 Å². The minimum Gasteiger partial charge on any atom is -0.497 e. The third-order valence-corrected chi connectivity index (χ3v) is 8.23. The van der Waals surface area contributed by atoms with Crippen LogP contribution in [0.25, 0.3) is 0 Å². The van der Waals surface area contributed by atoms with E-state index < -0.39 is 16.1 Å². The summed E-state index contributed by atoms with van der Waals surface area (Å²) in [6.07, 6.45) is 4.46. The second-order valence-electron chi connectivity index (χ2n) is 8.61. The van der Waals surface area contributed by atoms with Crippen molar-refractivity contribution in [3.8, 4) is 5.75 Å². The molecule has 3 aromatic rings. The molecule has 4 rings (SSSR count). The van der Waals surface area contributed by atoms with E-state index >= 15 is 0 Å². The lowest BCUT2D eigenvalue weighted by atomic mass is 9.96. The second-order valence-corrected chi connectivity index (χ2v) is 10.5. The number of sulfonamides is 1. The average Bonchev–Trinajstić information content (AvgIpc) is 3.28. The fraction of sp³-hybridized carbons (Fsp3) is 0.360. The van der Waals surface area contributed by atoms with Gasteiger partial charge in [0, 0.05) is 38.4 Å². The summed E-state index contributed by atoms with van der Waals surface area (Å²) >= 11 is 0. The molecule has 9 heteroatoms. The molecule has 1 fully saturated rings. The molecule has 1 aromatic heterocycles. The minimum absolute atomic E-state index is 0.108. The Morgan fingerprint density at radius 2 is 1.85 bits per heavy atom. The molecule has 1 atom stereocenters. The molecule has 0 aliphatic carbocycles. The summed E-state index contributed by atoms with van der Waals surface area (Å²) in [6, 6.07) is 14.0. The first kappa shape index (κ1) is 24.0. The summed E-state index contributed by atoms with van der Waals surface area (Å²) in [7, 11) is -0.0803. The monoisotopic (exact) mass is 482 g/mol. The molecular weight excluding hydrogens is 452 g/mol. The molecule has 34 heavy (non-hydrogen) atoms. The van der Waals surface area contributed by atoms with Crippen LogP contribution in [0.4, 0.5) is 0 Å². The smallest absolute Gasteiger partial charge is 0.243 e. The van der Waals surface area contributed by atoms with E-state index in [9.17, 15) is 13.2 Å². The Balaban J connectivity index is 1.47. The van der Waals surface area contributed by atoms with Gasteiger partial charge in [-0.05, 0) is 49.6 Å². The Kier molecular flexibility index (Phi) is 7.04. The lowest BCUT2D eigenvalue weighted by molar-refractivity contribution is -0.126. The van der Waals surface area contributed by atoms with E-state index in [1.54, 1.807) is 37.6 Å². The van der Waals surface area contributed by atoms with Gasteiger partial charge >= 0.3 is 0 Å². The van der Waals surface area contributed by atoms with Gasteiger partial charge in [0.15, 0.2) is 0 Å². The molecule has 0 saturated carbocycles. The van der Waals surface area contributed by atoms with Crippen molar-refractivity contribution in [2.75, 3.05) is 20.2 Å². The highest BCUT2D eigenvalue weighted by Crippen LogP contribution is 2.28. The fourth-order valence-electron chi connectivity index (χ4n) is 4.25. The van der Waals surface area contributed by atoms with E-state index in [2.05, 4.69) is 10.3 Å². The van der Waals surface area contributed by atoms with E-state index in [4.69, 9.17) is 4.74 Å². The molecule has 0 unspecified atom stereocenters. The van der Waals surface area contributed by atoms with Gasteiger partial charge in [-0.1, -0.05) is 29.8 Å². The number of benzene rings is 2. The topological polar surface area (TPSA) is 93.5 Å². The molecule has 0 radical (unpaired) electrons. The van der Waals surface area contributed by atoms with Crippen LogP contribution in [0.2, 0.25) is 0 Å². The molecule has 1 aliphatic rings. The molecular formula is C25H30N4O4S. The maximum absolute atomic E-state index is 13.3. The number of methoxy groups -OCH3 is 1. The molecule has 2 heterocycles. The molecule has 0 spiro atoms. The largest absolute Gasteiger partial charge is 0.497 e. The van der Waals surface area contributed by atoms with Gasteiger partial charge in [0.1, 0.15) is 17.6 Å². The van der Waals surface area contributed by atoms with Crippen molar-refractivity contribution < 1.29 is 17.9 Å². The molecule has 1 aliphatic heterocycles. The highest BCUT2D eigenvalue weighted by Gasteiger charge is 2.33. The normalized spacial score (nSPS) is 16.2. The quantitative estimate of drug-likeness (QED) is 0.559. The number of aromatic nitrogens is 2. The van der Waals surface area contributed by atoms with Crippen LogP contribution in [0.5, 0.6) is 5.75 Å². The number of carbonyl (C=O) groups is 1. The highest BCUT2D eigenvalue weighted by molar-refractivity contribution is 7.89. The zero-order valence-corrected chi connectivity index (χ0v) is 20.5. The minimum atomic E-state index is -3.57. The molecule has 180 valence electrons. The maximum Gasteiger partial charge on any atom is 0.243 e. The second kappa shape index (κ2) is 9.99. The number of carbonyl (C=O) groups excluding carboxylic acids is 1. The van der Waals surface area contributed by atoms with E-state index in [0.29, 0.717) is 37.5 Å². The van der Waals surface area contributed by atoms with Crippen molar-refractivity contribution in [3.63, 3.8) is 0 Å². The number of imidazole rings is 1. The number of ether oxygens (including phenoxy) is 1. The van der Waals surface area contributed by atoms with Crippen molar-refractivity contribution in [1.29, 1.82) is 0 Å². The van der Waals surface area contributed by atoms with Crippen LogP contribution in [0.3, 0.4) is 0 Å². The van der Waals surface area contributed by atoms with Crippen molar-refractivity contribution in [2.24, 2.45) is 13.0 Å². The number of nitrogens with zero attached hydrogens (tertiary/aromatic N) is 3. The summed E-state index contributed by atoms with van der Waals surface area (Å²) in [4.78, 5) is 18.0. The zero-order chi connectivity index (χ0) is 24.3. The van der Waals surface area contributed by atoms with Gasteiger partial charge < -0.3 is 14.6 Å². The van der Waals surface area contributed by atoms with Crippen LogP contribution in [0.15, 0.2) is 65.8 Å². The molecule has 1 amide bonds. The van der Waals surface area contributed by atoms with Crippen molar-refractivity contribution in [3.05, 3.63) is 77.9 Å². The molecule has 2 aromatic carbocycles. The molecule has 1 N–H and O–H groups in total. The maximum atomic E-state index is 13.3.